The van der Waals surface area contributed by atoms with Crippen LogP contribution in [0.2, 0.25) is 0 Å². The summed E-state index contributed by atoms with van der Waals surface area (Å²) in [5.41, 5.74) is 3.10. The van der Waals surface area contributed by atoms with Gasteiger partial charge in [0.2, 0.25) is 5.91 Å². The minimum atomic E-state index is -0.772. The Hall–Kier alpha value is -1.88. The first-order chi connectivity index (χ1) is 10.4. The van der Waals surface area contributed by atoms with Gasteiger partial charge in [0.25, 0.3) is 0 Å². The van der Waals surface area contributed by atoms with Crippen LogP contribution in [0.5, 0.6) is 0 Å². The van der Waals surface area contributed by atoms with Gasteiger partial charge in [-0.15, -0.1) is 0 Å². The molecule has 5 nitrogen and oxygen atoms in total. The van der Waals surface area contributed by atoms with Gasteiger partial charge in [-0.2, -0.15) is 0 Å². The Morgan fingerprint density at radius 2 is 2.05 bits per heavy atom. The predicted molar refractivity (Wildman–Crippen MR) is 85.9 cm³/mol. The number of likely N-dealkylation sites (tertiary alicyclic amines) is 1. The molecule has 2 unspecified atom stereocenters. The SMILES string of the molecule is Cc1ccc(NC(=O)C(C)N2CCCC(C(=O)O)C2)cc1C. The minimum absolute atomic E-state index is 0.0886. The van der Waals surface area contributed by atoms with Crippen molar-refractivity contribution in [3.63, 3.8) is 0 Å². The number of carboxylic acid groups (broad SMARTS) is 1. The van der Waals surface area contributed by atoms with E-state index in [0.717, 1.165) is 24.2 Å². The molecule has 22 heavy (non-hydrogen) atoms. The van der Waals surface area contributed by atoms with Gasteiger partial charge in [0, 0.05) is 12.2 Å². The number of hydrogen-bond donors (Lipinski definition) is 2. The Morgan fingerprint density at radius 3 is 2.68 bits per heavy atom. The second-order valence-corrected chi connectivity index (χ2v) is 6.14. The van der Waals surface area contributed by atoms with Crippen molar-refractivity contribution in [1.29, 1.82) is 0 Å². The maximum Gasteiger partial charge on any atom is 0.307 e. The molecule has 1 fully saturated rings. The molecule has 1 aliphatic heterocycles. The molecule has 0 aromatic heterocycles. The van der Waals surface area contributed by atoms with Crippen LogP contribution >= 0.6 is 0 Å². The zero-order chi connectivity index (χ0) is 16.3. The van der Waals surface area contributed by atoms with Crippen LogP contribution in [0.1, 0.15) is 30.9 Å². The molecule has 0 radical (unpaired) electrons. The van der Waals surface area contributed by atoms with E-state index < -0.39 is 5.97 Å². The fraction of sp³-hybridized carbons (Fsp3) is 0.529. The topological polar surface area (TPSA) is 69.6 Å². The molecule has 1 aromatic rings. The summed E-state index contributed by atoms with van der Waals surface area (Å²) in [6.45, 7) is 7.09. The van der Waals surface area contributed by atoms with Crippen molar-refractivity contribution >= 4 is 17.6 Å². The van der Waals surface area contributed by atoms with Gasteiger partial charge in [0.1, 0.15) is 0 Å². The van der Waals surface area contributed by atoms with Gasteiger partial charge in [-0.3, -0.25) is 14.5 Å². The maximum absolute atomic E-state index is 12.4. The lowest BCUT2D eigenvalue weighted by Gasteiger charge is -2.34. The molecule has 2 atom stereocenters. The summed E-state index contributed by atoms with van der Waals surface area (Å²) in [7, 11) is 0. The van der Waals surface area contributed by atoms with E-state index in [2.05, 4.69) is 5.32 Å². The highest BCUT2D eigenvalue weighted by Crippen LogP contribution is 2.20. The van der Waals surface area contributed by atoms with Gasteiger partial charge in [-0.1, -0.05) is 6.07 Å². The van der Waals surface area contributed by atoms with Crippen molar-refractivity contribution in [2.45, 2.75) is 39.7 Å². The van der Waals surface area contributed by atoms with Gasteiger partial charge in [-0.25, -0.2) is 0 Å². The number of aryl methyl sites for hydroxylation is 2. The molecular weight excluding hydrogens is 280 g/mol. The largest absolute Gasteiger partial charge is 0.481 e. The zero-order valence-electron chi connectivity index (χ0n) is 13.4. The lowest BCUT2D eigenvalue weighted by molar-refractivity contribution is -0.144. The Morgan fingerprint density at radius 1 is 1.32 bits per heavy atom. The van der Waals surface area contributed by atoms with Crippen molar-refractivity contribution in [1.82, 2.24) is 4.90 Å². The molecular formula is C17H24N2O3. The molecule has 0 bridgehead atoms. The van der Waals surface area contributed by atoms with Crippen LogP contribution in [0.15, 0.2) is 18.2 Å². The first kappa shape index (κ1) is 16.5. The van der Waals surface area contributed by atoms with Crippen molar-refractivity contribution < 1.29 is 14.7 Å². The number of piperidine rings is 1. The van der Waals surface area contributed by atoms with Gasteiger partial charge in [0.05, 0.1) is 12.0 Å². The van der Waals surface area contributed by atoms with E-state index in [0.29, 0.717) is 13.0 Å². The zero-order valence-corrected chi connectivity index (χ0v) is 13.4. The van der Waals surface area contributed by atoms with Crippen molar-refractivity contribution in [3.05, 3.63) is 29.3 Å². The number of nitrogens with zero attached hydrogens (tertiary/aromatic N) is 1. The third-order valence-corrected chi connectivity index (χ3v) is 4.50. The molecule has 120 valence electrons. The summed E-state index contributed by atoms with van der Waals surface area (Å²) < 4.78 is 0. The Balaban J connectivity index is 1.99. The van der Waals surface area contributed by atoms with E-state index in [4.69, 9.17) is 5.11 Å². The second-order valence-electron chi connectivity index (χ2n) is 6.14. The summed E-state index contributed by atoms with van der Waals surface area (Å²) >= 11 is 0. The monoisotopic (exact) mass is 304 g/mol. The number of carbonyl (C=O) groups is 2. The van der Waals surface area contributed by atoms with Crippen LogP contribution in [0.4, 0.5) is 5.69 Å². The number of hydrogen-bond acceptors (Lipinski definition) is 3. The summed E-state index contributed by atoms with van der Waals surface area (Å²) in [6.07, 6.45) is 1.51. The van der Waals surface area contributed by atoms with Crippen LogP contribution in [-0.4, -0.2) is 41.0 Å². The third kappa shape index (κ3) is 3.85. The molecule has 5 heteroatoms. The smallest absolute Gasteiger partial charge is 0.307 e. The van der Waals surface area contributed by atoms with E-state index in [1.165, 1.54) is 5.56 Å². The number of amides is 1. The van der Waals surface area contributed by atoms with Gasteiger partial charge in [0.15, 0.2) is 0 Å². The highest BCUT2D eigenvalue weighted by molar-refractivity contribution is 5.94. The van der Waals surface area contributed by atoms with E-state index in [9.17, 15) is 9.59 Å². The summed E-state index contributed by atoms with van der Waals surface area (Å²) in [4.78, 5) is 25.5. The Kier molecular flexibility index (Phi) is 5.19. The Bertz CT molecular complexity index is 571. The fourth-order valence-electron chi connectivity index (χ4n) is 2.79. The fourth-order valence-corrected chi connectivity index (χ4v) is 2.79. The Labute approximate surface area is 131 Å². The molecule has 0 aliphatic carbocycles. The maximum atomic E-state index is 12.4. The van der Waals surface area contributed by atoms with Crippen LogP contribution < -0.4 is 5.32 Å². The number of carbonyl (C=O) groups excluding carboxylic acids is 1. The average molecular weight is 304 g/mol. The first-order valence-electron chi connectivity index (χ1n) is 7.73. The number of anilines is 1. The van der Waals surface area contributed by atoms with E-state index in [1.54, 1.807) is 0 Å². The van der Waals surface area contributed by atoms with Gasteiger partial charge >= 0.3 is 5.97 Å². The van der Waals surface area contributed by atoms with E-state index in [1.807, 2.05) is 43.9 Å². The molecule has 0 saturated carbocycles. The number of aliphatic carboxylic acids is 1. The van der Waals surface area contributed by atoms with Crippen molar-refractivity contribution in [2.24, 2.45) is 5.92 Å². The quantitative estimate of drug-likeness (QED) is 0.896. The third-order valence-electron chi connectivity index (χ3n) is 4.50. The first-order valence-corrected chi connectivity index (χ1v) is 7.73. The molecule has 1 amide bonds. The summed E-state index contributed by atoms with van der Waals surface area (Å²) in [6, 6.07) is 5.50. The standard InChI is InChI=1S/C17H24N2O3/c1-11-6-7-15(9-12(11)2)18-16(20)13(3)19-8-4-5-14(10-19)17(21)22/h6-7,9,13-14H,4-5,8,10H2,1-3H3,(H,18,20)(H,21,22). The number of benzene rings is 1. The summed E-state index contributed by atoms with van der Waals surface area (Å²) in [5.74, 6) is -1.23. The van der Waals surface area contributed by atoms with Crippen LogP contribution in [0, 0.1) is 19.8 Å². The molecule has 2 rings (SSSR count). The van der Waals surface area contributed by atoms with Crippen molar-refractivity contribution in [3.8, 4) is 0 Å². The predicted octanol–water partition coefficient (Wildman–Crippen LogP) is 2.43. The molecule has 1 heterocycles. The van der Waals surface area contributed by atoms with Gasteiger partial charge in [-0.05, 0) is 63.4 Å². The molecule has 1 saturated heterocycles. The van der Waals surface area contributed by atoms with Crippen molar-refractivity contribution in [2.75, 3.05) is 18.4 Å². The highest BCUT2D eigenvalue weighted by atomic mass is 16.4. The molecule has 1 aromatic carbocycles. The summed E-state index contributed by atoms with van der Waals surface area (Å²) in [5, 5.41) is 12.1. The highest BCUT2D eigenvalue weighted by Gasteiger charge is 2.30. The van der Waals surface area contributed by atoms with Crippen LogP contribution in [-0.2, 0) is 9.59 Å². The lowest BCUT2D eigenvalue weighted by atomic mass is 9.97. The minimum Gasteiger partial charge on any atom is -0.481 e. The second kappa shape index (κ2) is 6.92. The normalized spacial score (nSPS) is 20.4. The van der Waals surface area contributed by atoms with Gasteiger partial charge < -0.3 is 10.4 Å². The molecule has 0 spiro atoms. The van der Waals surface area contributed by atoms with Crippen LogP contribution in [0.25, 0.3) is 0 Å². The molecule has 2 N–H and O–H groups in total. The number of nitrogens with one attached hydrogen (secondary N) is 1. The van der Waals surface area contributed by atoms with E-state index >= 15 is 0 Å². The van der Waals surface area contributed by atoms with Crippen LogP contribution in [0.3, 0.4) is 0 Å². The molecule has 1 aliphatic rings. The number of carboxylic acids is 1. The average Bonchev–Trinajstić information content (AvgIpc) is 2.50. The van der Waals surface area contributed by atoms with E-state index in [-0.39, 0.29) is 17.9 Å². The number of rotatable bonds is 4. The lowest BCUT2D eigenvalue weighted by Crippen LogP contribution is -2.48.